The van der Waals surface area contributed by atoms with Gasteiger partial charge in [0.1, 0.15) is 5.02 Å². The fourth-order valence-electron chi connectivity index (χ4n) is 1.01. The number of aliphatic hydroxyl groups is 1. The number of halogens is 2. The summed E-state index contributed by atoms with van der Waals surface area (Å²) in [6.45, 7) is -0.265. The van der Waals surface area contributed by atoms with Gasteiger partial charge in [-0.05, 0) is 11.6 Å². The number of nitro benzene ring substituents is 1. The zero-order chi connectivity index (χ0) is 10.7. The molecule has 0 radical (unpaired) electrons. The van der Waals surface area contributed by atoms with E-state index in [-0.39, 0.29) is 29.7 Å². The average Bonchev–Trinajstić information content (AvgIpc) is 2.17. The molecule has 0 saturated carbocycles. The Morgan fingerprint density at radius 1 is 1.60 bits per heavy atom. The lowest BCUT2D eigenvalue weighted by molar-refractivity contribution is -0.384. The van der Waals surface area contributed by atoms with Gasteiger partial charge in [-0.15, -0.1) is 12.4 Å². The van der Waals surface area contributed by atoms with Crippen molar-refractivity contribution in [2.75, 3.05) is 6.61 Å². The summed E-state index contributed by atoms with van der Waals surface area (Å²) in [5.41, 5.74) is 5.79. The standard InChI is InChI=1S/C8H9ClN2O3.ClH/c9-6-2-1-5(7(10)4-12)3-8(6)11(13)14;/h1-3,7,12H,4,10H2;1H/t7-;/m1./s1. The topological polar surface area (TPSA) is 89.4 Å². The summed E-state index contributed by atoms with van der Waals surface area (Å²) in [6.07, 6.45) is 0. The van der Waals surface area contributed by atoms with Crippen molar-refractivity contribution in [1.82, 2.24) is 0 Å². The first-order valence-corrected chi connectivity index (χ1v) is 4.24. The van der Waals surface area contributed by atoms with Crippen molar-refractivity contribution in [3.05, 3.63) is 38.9 Å². The van der Waals surface area contributed by atoms with Gasteiger partial charge in [-0.2, -0.15) is 0 Å². The molecule has 3 N–H and O–H groups in total. The predicted molar refractivity (Wildman–Crippen MR) is 59.4 cm³/mol. The van der Waals surface area contributed by atoms with Crippen LogP contribution >= 0.6 is 24.0 Å². The zero-order valence-corrected chi connectivity index (χ0v) is 9.16. The van der Waals surface area contributed by atoms with Gasteiger partial charge in [0.25, 0.3) is 5.69 Å². The number of nitrogens with zero attached hydrogens (tertiary/aromatic N) is 1. The number of hydrogen-bond donors (Lipinski definition) is 2. The summed E-state index contributed by atoms with van der Waals surface area (Å²) in [4.78, 5) is 9.92. The number of hydrogen-bond acceptors (Lipinski definition) is 4. The number of nitro groups is 1. The van der Waals surface area contributed by atoms with Crippen molar-refractivity contribution in [2.24, 2.45) is 5.73 Å². The first-order chi connectivity index (χ1) is 6.56. The van der Waals surface area contributed by atoms with E-state index >= 15 is 0 Å². The van der Waals surface area contributed by atoms with E-state index in [2.05, 4.69) is 0 Å². The van der Waals surface area contributed by atoms with E-state index in [0.29, 0.717) is 5.56 Å². The van der Waals surface area contributed by atoms with Crippen LogP contribution in [0.1, 0.15) is 11.6 Å². The summed E-state index contributed by atoms with van der Waals surface area (Å²) >= 11 is 5.59. The van der Waals surface area contributed by atoms with Gasteiger partial charge in [0.05, 0.1) is 17.6 Å². The highest BCUT2D eigenvalue weighted by atomic mass is 35.5. The summed E-state index contributed by atoms with van der Waals surface area (Å²) in [7, 11) is 0. The summed E-state index contributed by atoms with van der Waals surface area (Å²) < 4.78 is 0. The molecule has 7 heteroatoms. The van der Waals surface area contributed by atoms with E-state index < -0.39 is 11.0 Å². The third-order valence-electron chi connectivity index (χ3n) is 1.79. The highest BCUT2D eigenvalue weighted by molar-refractivity contribution is 6.32. The van der Waals surface area contributed by atoms with Gasteiger partial charge in [-0.25, -0.2) is 0 Å². The number of nitrogens with two attached hydrogens (primary N) is 1. The van der Waals surface area contributed by atoms with Crippen LogP contribution < -0.4 is 5.73 Å². The Morgan fingerprint density at radius 2 is 2.20 bits per heavy atom. The Hall–Kier alpha value is -0.880. The molecule has 15 heavy (non-hydrogen) atoms. The molecule has 0 unspecified atom stereocenters. The van der Waals surface area contributed by atoms with Gasteiger partial charge in [-0.1, -0.05) is 17.7 Å². The molecule has 1 atom stereocenters. The average molecular weight is 253 g/mol. The van der Waals surface area contributed by atoms with Crippen molar-refractivity contribution in [3.63, 3.8) is 0 Å². The molecule has 0 aromatic heterocycles. The van der Waals surface area contributed by atoms with Crippen LogP contribution in [0.5, 0.6) is 0 Å². The number of rotatable bonds is 3. The highest BCUT2D eigenvalue weighted by Gasteiger charge is 2.15. The molecule has 0 aliphatic carbocycles. The van der Waals surface area contributed by atoms with Gasteiger partial charge in [-0.3, -0.25) is 10.1 Å². The molecule has 0 heterocycles. The van der Waals surface area contributed by atoms with Crippen molar-refractivity contribution >= 4 is 29.7 Å². The molecule has 0 fully saturated rings. The Kier molecular flexibility index (Phi) is 5.53. The SMILES string of the molecule is Cl.N[C@H](CO)c1ccc(Cl)c([N+](=O)[O-])c1. The van der Waals surface area contributed by atoms with E-state index in [4.69, 9.17) is 22.4 Å². The fraction of sp³-hybridized carbons (Fsp3) is 0.250. The predicted octanol–water partition coefficient (Wildman–Crippen LogP) is 1.66. The first-order valence-electron chi connectivity index (χ1n) is 3.86. The van der Waals surface area contributed by atoms with Crippen molar-refractivity contribution in [3.8, 4) is 0 Å². The third-order valence-corrected chi connectivity index (χ3v) is 2.11. The molecule has 0 spiro atoms. The van der Waals surface area contributed by atoms with Crippen molar-refractivity contribution in [1.29, 1.82) is 0 Å². The summed E-state index contributed by atoms with van der Waals surface area (Å²) in [5.74, 6) is 0. The maximum Gasteiger partial charge on any atom is 0.288 e. The van der Waals surface area contributed by atoms with Crippen LogP contribution in [0, 0.1) is 10.1 Å². The largest absolute Gasteiger partial charge is 0.394 e. The van der Waals surface area contributed by atoms with Crippen LogP contribution in [0.25, 0.3) is 0 Å². The third kappa shape index (κ3) is 3.32. The molecule has 0 saturated heterocycles. The quantitative estimate of drug-likeness (QED) is 0.633. The van der Waals surface area contributed by atoms with E-state index in [1.54, 1.807) is 6.07 Å². The lowest BCUT2D eigenvalue weighted by atomic mass is 10.1. The molecular weight excluding hydrogens is 243 g/mol. The Bertz CT molecular complexity index is 360. The number of aliphatic hydroxyl groups excluding tert-OH is 1. The van der Waals surface area contributed by atoms with Gasteiger partial charge in [0.2, 0.25) is 0 Å². The van der Waals surface area contributed by atoms with Gasteiger partial charge >= 0.3 is 0 Å². The minimum Gasteiger partial charge on any atom is -0.394 e. The smallest absolute Gasteiger partial charge is 0.288 e. The summed E-state index contributed by atoms with van der Waals surface area (Å²) in [6, 6.07) is 3.59. The Balaban J connectivity index is 0.00000196. The monoisotopic (exact) mass is 252 g/mol. The first kappa shape index (κ1) is 14.1. The molecule has 1 rings (SSSR count). The van der Waals surface area contributed by atoms with Crippen LogP contribution in [0.4, 0.5) is 5.69 Å². The van der Waals surface area contributed by atoms with Gasteiger partial charge < -0.3 is 10.8 Å². The maximum atomic E-state index is 10.5. The van der Waals surface area contributed by atoms with Crippen LogP contribution in [0.2, 0.25) is 5.02 Å². The van der Waals surface area contributed by atoms with E-state index in [1.165, 1.54) is 12.1 Å². The molecule has 0 aliphatic heterocycles. The van der Waals surface area contributed by atoms with Crippen LogP contribution in [0.3, 0.4) is 0 Å². The molecule has 0 amide bonds. The normalized spacial score (nSPS) is 11.7. The lowest BCUT2D eigenvalue weighted by Gasteiger charge is -2.07. The molecule has 84 valence electrons. The van der Waals surface area contributed by atoms with Crippen LogP contribution in [-0.2, 0) is 0 Å². The lowest BCUT2D eigenvalue weighted by Crippen LogP contribution is -2.14. The van der Waals surface area contributed by atoms with Crippen LogP contribution in [0.15, 0.2) is 18.2 Å². The second-order valence-corrected chi connectivity index (χ2v) is 3.16. The zero-order valence-electron chi connectivity index (χ0n) is 7.59. The maximum absolute atomic E-state index is 10.5. The molecule has 5 nitrogen and oxygen atoms in total. The summed E-state index contributed by atoms with van der Waals surface area (Å²) in [5, 5.41) is 19.3. The van der Waals surface area contributed by atoms with Crippen LogP contribution in [-0.4, -0.2) is 16.6 Å². The molecule has 1 aromatic carbocycles. The van der Waals surface area contributed by atoms with E-state index in [9.17, 15) is 10.1 Å². The molecule has 0 aliphatic rings. The highest BCUT2D eigenvalue weighted by Crippen LogP contribution is 2.26. The molecular formula is C8H10Cl2N2O3. The van der Waals surface area contributed by atoms with Gasteiger partial charge in [0.15, 0.2) is 0 Å². The van der Waals surface area contributed by atoms with E-state index in [1.807, 2.05) is 0 Å². The fourth-order valence-corrected chi connectivity index (χ4v) is 1.19. The Morgan fingerprint density at radius 3 is 2.67 bits per heavy atom. The van der Waals surface area contributed by atoms with E-state index in [0.717, 1.165) is 0 Å². The Labute approximate surface area is 97.4 Å². The molecule has 1 aromatic rings. The second kappa shape index (κ2) is 5.87. The van der Waals surface area contributed by atoms with Crippen molar-refractivity contribution < 1.29 is 10.0 Å². The molecule has 0 bridgehead atoms. The number of benzene rings is 1. The van der Waals surface area contributed by atoms with Crippen molar-refractivity contribution in [2.45, 2.75) is 6.04 Å². The van der Waals surface area contributed by atoms with Gasteiger partial charge in [0, 0.05) is 6.07 Å². The second-order valence-electron chi connectivity index (χ2n) is 2.76. The minimum absolute atomic E-state index is 0. The minimum atomic E-state index is -0.619.